The van der Waals surface area contributed by atoms with Gasteiger partial charge in [0, 0.05) is 25.6 Å². The average Bonchev–Trinajstić information content (AvgIpc) is 3.35. The van der Waals surface area contributed by atoms with Crippen LogP contribution < -0.4 is 10.2 Å². The molecular weight excluding hydrogens is 368 g/mol. The summed E-state index contributed by atoms with van der Waals surface area (Å²) in [6.07, 6.45) is 5.57. The van der Waals surface area contributed by atoms with Gasteiger partial charge in [-0.3, -0.25) is 4.79 Å². The largest absolute Gasteiger partial charge is 0.356 e. The van der Waals surface area contributed by atoms with Crippen LogP contribution in [0.15, 0.2) is 12.1 Å². The molecule has 28 heavy (non-hydrogen) atoms. The minimum atomic E-state index is 0.154. The number of aryl methyl sites for hydroxylation is 2. The van der Waals surface area contributed by atoms with Crippen molar-refractivity contribution in [2.24, 2.45) is 5.92 Å². The van der Waals surface area contributed by atoms with Crippen molar-refractivity contribution in [3.8, 4) is 0 Å². The first-order valence-corrected chi connectivity index (χ1v) is 11.5. The van der Waals surface area contributed by atoms with Gasteiger partial charge in [-0.25, -0.2) is 4.98 Å². The number of hydrogen-bond acceptors (Lipinski definition) is 5. The van der Waals surface area contributed by atoms with Crippen molar-refractivity contribution < 1.29 is 4.79 Å². The molecule has 1 aromatic carbocycles. The van der Waals surface area contributed by atoms with Crippen LogP contribution in [0.1, 0.15) is 43.2 Å². The molecule has 2 aromatic rings. The lowest BCUT2D eigenvalue weighted by Crippen LogP contribution is -2.41. The van der Waals surface area contributed by atoms with E-state index in [-0.39, 0.29) is 11.8 Å². The maximum atomic E-state index is 12.5. The first-order chi connectivity index (χ1) is 13.6. The highest BCUT2D eigenvalue weighted by molar-refractivity contribution is 7.22. The lowest BCUT2D eigenvalue weighted by Gasteiger charge is -2.31. The van der Waals surface area contributed by atoms with Crippen LogP contribution in [0.3, 0.4) is 0 Å². The molecule has 0 bridgehead atoms. The van der Waals surface area contributed by atoms with E-state index in [2.05, 4.69) is 41.1 Å². The fourth-order valence-electron chi connectivity index (χ4n) is 4.49. The third kappa shape index (κ3) is 4.49. The van der Waals surface area contributed by atoms with Gasteiger partial charge in [0.2, 0.25) is 5.91 Å². The highest BCUT2D eigenvalue weighted by atomic mass is 32.1. The Morgan fingerprint density at radius 2 is 1.93 bits per heavy atom. The molecule has 0 spiro atoms. The standard InChI is InChI=1S/C22H32N4OS/c1-16-14-17(2)20-19(15-16)28-22(24-20)26-12-6-18(7-13-26)21(27)23-8-5-11-25-9-3-4-10-25/h14-15,18H,3-13H2,1-2H3,(H,23,27). The molecule has 2 aliphatic heterocycles. The molecule has 1 aromatic heterocycles. The zero-order valence-electron chi connectivity index (χ0n) is 17.2. The number of anilines is 1. The monoisotopic (exact) mass is 400 g/mol. The molecule has 2 fully saturated rings. The molecule has 0 aliphatic carbocycles. The summed E-state index contributed by atoms with van der Waals surface area (Å²) in [5.41, 5.74) is 3.67. The molecule has 2 aliphatic rings. The second-order valence-corrected chi connectivity index (χ2v) is 9.39. The zero-order chi connectivity index (χ0) is 19.5. The number of nitrogens with one attached hydrogen (secondary N) is 1. The van der Waals surface area contributed by atoms with Crippen molar-refractivity contribution in [2.45, 2.75) is 46.0 Å². The summed E-state index contributed by atoms with van der Waals surface area (Å²) in [4.78, 5) is 22.3. The average molecular weight is 401 g/mol. The summed E-state index contributed by atoms with van der Waals surface area (Å²) in [7, 11) is 0. The van der Waals surface area contributed by atoms with E-state index in [0.29, 0.717) is 0 Å². The number of amides is 1. The van der Waals surface area contributed by atoms with Crippen LogP contribution in [0.4, 0.5) is 5.13 Å². The van der Waals surface area contributed by atoms with Crippen LogP contribution in [-0.2, 0) is 4.79 Å². The number of fused-ring (bicyclic) bond motifs is 1. The van der Waals surface area contributed by atoms with Gasteiger partial charge in [0.05, 0.1) is 10.2 Å². The van der Waals surface area contributed by atoms with Crippen LogP contribution >= 0.6 is 11.3 Å². The molecule has 152 valence electrons. The van der Waals surface area contributed by atoms with Gasteiger partial charge in [-0.05, 0) is 82.8 Å². The van der Waals surface area contributed by atoms with Gasteiger partial charge in [-0.1, -0.05) is 17.4 Å². The highest BCUT2D eigenvalue weighted by Crippen LogP contribution is 2.33. The maximum absolute atomic E-state index is 12.5. The molecule has 2 saturated heterocycles. The Morgan fingerprint density at radius 3 is 2.68 bits per heavy atom. The summed E-state index contributed by atoms with van der Waals surface area (Å²) in [5.74, 6) is 0.401. The quantitative estimate of drug-likeness (QED) is 0.751. The van der Waals surface area contributed by atoms with Crippen LogP contribution in [0, 0.1) is 19.8 Å². The molecule has 1 amide bonds. The van der Waals surface area contributed by atoms with Crippen molar-refractivity contribution in [1.82, 2.24) is 15.2 Å². The number of carbonyl (C=O) groups is 1. The van der Waals surface area contributed by atoms with Crippen molar-refractivity contribution in [3.63, 3.8) is 0 Å². The molecule has 5 nitrogen and oxygen atoms in total. The Balaban J connectivity index is 1.25. The Morgan fingerprint density at radius 1 is 1.18 bits per heavy atom. The fourth-order valence-corrected chi connectivity index (χ4v) is 5.69. The summed E-state index contributed by atoms with van der Waals surface area (Å²) >= 11 is 1.78. The van der Waals surface area contributed by atoms with Gasteiger partial charge in [-0.15, -0.1) is 0 Å². The van der Waals surface area contributed by atoms with Gasteiger partial charge >= 0.3 is 0 Å². The van der Waals surface area contributed by atoms with Crippen LogP contribution in [-0.4, -0.2) is 55.1 Å². The molecule has 1 N–H and O–H groups in total. The number of hydrogen-bond donors (Lipinski definition) is 1. The number of carbonyl (C=O) groups excluding carboxylic acids is 1. The van der Waals surface area contributed by atoms with E-state index in [1.54, 1.807) is 11.3 Å². The number of aromatic nitrogens is 1. The van der Waals surface area contributed by atoms with Crippen LogP contribution in [0.2, 0.25) is 0 Å². The molecule has 6 heteroatoms. The Hall–Kier alpha value is -1.66. The van der Waals surface area contributed by atoms with Gasteiger partial charge in [0.25, 0.3) is 0 Å². The fraction of sp³-hybridized carbons (Fsp3) is 0.636. The Labute approximate surface area is 172 Å². The number of piperidine rings is 1. The summed E-state index contributed by atoms with van der Waals surface area (Å²) in [6, 6.07) is 4.43. The van der Waals surface area contributed by atoms with E-state index in [0.717, 1.165) is 56.1 Å². The molecule has 0 saturated carbocycles. The topological polar surface area (TPSA) is 48.5 Å². The summed E-state index contributed by atoms with van der Waals surface area (Å²) in [6.45, 7) is 10.5. The summed E-state index contributed by atoms with van der Waals surface area (Å²) < 4.78 is 1.27. The number of benzene rings is 1. The van der Waals surface area contributed by atoms with Crippen molar-refractivity contribution >= 4 is 32.6 Å². The van der Waals surface area contributed by atoms with Crippen molar-refractivity contribution in [2.75, 3.05) is 44.2 Å². The van der Waals surface area contributed by atoms with E-state index < -0.39 is 0 Å². The van der Waals surface area contributed by atoms with Gasteiger partial charge in [0.1, 0.15) is 0 Å². The van der Waals surface area contributed by atoms with E-state index in [4.69, 9.17) is 4.98 Å². The normalized spacial score (nSPS) is 18.9. The predicted molar refractivity (Wildman–Crippen MR) is 117 cm³/mol. The first-order valence-electron chi connectivity index (χ1n) is 10.7. The van der Waals surface area contributed by atoms with Crippen molar-refractivity contribution in [1.29, 1.82) is 0 Å². The van der Waals surface area contributed by atoms with E-state index >= 15 is 0 Å². The second kappa shape index (κ2) is 8.78. The first kappa shape index (κ1) is 19.6. The number of rotatable bonds is 6. The van der Waals surface area contributed by atoms with E-state index in [1.807, 2.05) is 0 Å². The molecular formula is C22H32N4OS. The van der Waals surface area contributed by atoms with Gasteiger partial charge < -0.3 is 15.1 Å². The molecule has 0 atom stereocenters. The minimum absolute atomic E-state index is 0.154. The number of likely N-dealkylation sites (tertiary alicyclic amines) is 1. The number of nitrogens with zero attached hydrogens (tertiary/aromatic N) is 3. The van der Waals surface area contributed by atoms with E-state index in [9.17, 15) is 4.79 Å². The lowest BCUT2D eigenvalue weighted by atomic mass is 9.96. The SMILES string of the molecule is Cc1cc(C)c2nc(N3CCC(C(=O)NCCCN4CCCC4)CC3)sc2c1. The molecule has 4 rings (SSSR count). The number of thiazole rings is 1. The van der Waals surface area contributed by atoms with Crippen molar-refractivity contribution in [3.05, 3.63) is 23.3 Å². The Kier molecular flexibility index (Phi) is 6.16. The minimum Gasteiger partial charge on any atom is -0.356 e. The van der Waals surface area contributed by atoms with Crippen LogP contribution in [0.25, 0.3) is 10.2 Å². The molecule has 0 radical (unpaired) electrons. The third-order valence-electron chi connectivity index (χ3n) is 6.10. The molecule has 0 unspecified atom stereocenters. The zero-order valence-corrected chi connectivity index (χ0v) is 18.0. The van der Waals surface area contributed by atoms with E-state index in [1.165, 1.54) is 41.8 Å². The summed E-state index contributed by atoms with van der Waals surface area (Å²) in [5, 5.41) is 4.27. The lowest BCUT2D eigenvalue weighted by molar-refractivity contribution is -0.125. The smallest absolute Gasteiger partial charge is 0.223 e. The van der Waals surface area contributed by atoms with Crippen LogP contribution in [0.5, 0.6) is 0 Å². The highest BCUT2D eigenvalue weighted by Gasteiger charge is 2.26. The second-order valence-electron chi connectivity index (χ2n) is 8.38. The maximum Gasteiger partial charge on any atom is 0.223 e. The Bertz CT molecular complexity index is 819. The third-order valence-corrected chi connectivity index (χ3v) is 7.17. The predicted octanol–water partition coefficient (Wildman–Crippen LogP) is 3.73. The van der Waals surface area contributed by atoms with Gasteiger partial charge in [-0.2, -0.15) is 0 Å². The molecule has 3 heterocycles. The van der Waals surface area contributed by atoms with Gasteiger partial charge in [0.15, 0.2) is 5.13 Å².